The van der Waals surface area contributed by atoms with Gasteiger partial charge in [0.1, 0.15) is 0 Å². The van der Waals surface area contributed by atoms with Gasteiger partial charge in [-0.2, -0.15) is 0 Å². The fourth-order valence-corrected chi connectivity index (χ4v) is 2.45. The van der Waals surface area contributed by atoms with Crippen molar-refractivity contribution in [3.63, 3.8) is 0 Å². The molecule has 0 heterocycles. The Morgan fingerprint density at radius 3 is 2.60 bits per heavy atom. The number of benzene rings is 1. The van der Waals surface area contributed by atoms with Crippen LogP contribution in [0.2, 0.25) is 0 Å². The molecule has 0 saturated heterocycles. The summed E-state index contributed by atoms with van der Waals surface area (Å²) in [5.74, 6) is -3.93. The summed E-state index contributed by atoms with van der Waals surface area (Å²) >= 11 is 0. The minimum absolute atomic E-state index is 0.0290. The normalized spacial score (nSPS) is 22.3. The van der Waals surface area contributed by atoms with Gasteiger partial charge in [0, 0.05) is 11.6 Å². The van der Waals surface area contributed by atoms with Crippen LogP contribution in [0.15, 0.2) is 18.2 Å². The molecule has 1 aromatic carbocycles. The summed E-state index contributed by atoms with van der Waals surface area (Å²) < 4.78 is 25.8. The lowest BCUT2D eigenvalue weighted by molar-refractivity contribution is -0.143. The van der Waals surface area contributed by atoms with Gasteiger partial charge in [0.15, 0.2) is 11.6 Å². The summed E-state index contributed by atoms with van der Waals surface area (Å²) in [5, 5.41) is 11.6. The molecular weight excluding hydrogens is 268 g/mol. The molecule has 1 aliphatic rings. The van der Waals surface area contributed by atoms with Crippen molar-refractivity contribution in [3.8, 4) is 0 Å². The topological polar surface area (TPSA) is 66.4 Å². The van der Waals surface area contributed by atoms with Gasteiger partial charge in [-0.25, -0.2) is 8.78 Å². The van der Waals surface area contributed by atoms with E-state index in [0.717, 1.165) is 18.6 Å². The lowest BCUT2D eigenvalue weighted by Gasteiger charge is -2.27. The molecule has 4 nitrogen and oxygen atoms in total. The van der Waals surface area contributed by atoms with E-state index in [2.05, 4.69) is 5.32 Å². The first-order valence-electron chi connectivity index (χ1n) is 6.46. The molecule has 0 radical (unpaired) electrons. The fourth-order valence-electron chi connectivity index (χ4n) is 2.45. The third-order valence-electron chi connectivity index (χ3n) is 3.54. The Morgan fingerprint density at radius 1 is 1.20 bits per heavy atom. The van der Waals surface area contributed by atoms with Gasteiger partial charge < -0.3 is 10.4 Å². The van der Waals surface area contributed by atoms with Gasteiger partial charge in [0.25, 0.3) is 5.91 Å². The summed E-state index contributed by atoms with van der Waals surface area (Å²) in [6, 6.07) is 2.68. The van der Waals surface area contributed by atoms with Crippen molar-refractivity contribution in [2.24, 2.45) is 5.92 Å². The molecule has 1 aromatic rings. The van der Waals surface area contributed by atoms with Crippen molar-refractivity contribution in [2.45, 2.75) is 31.7 Å². The molecule has 0 aliphatic heterocycles. The molecule has 1 amide bonds. The summed E-state index contributed by atoms with van der Waals surface area (Å²) in [7, 11) is 0. The van der Waals surface area contributed by atoms with Crippen molar-refractivity contribution in [2.75, 3.05) is 0 Å². The molecule has 2 rings (SSSR count). The van der Waals surface area contributed by atoms with E-state index >= 15 is 0 Å². The minimum atomic E-state index is -1.08. The van der Waals surface area contributed by atoms with Crippen LogP contribution in [0, 0.1) is 17.6 Å². The Balaban J connectivity index is 2.00. The highest BCUT2D eigenvalue weighted by molar-refractivity contribution is 5.94. The molecule has 2 N–H and O–H groups in total. The fraction of sp³-hybridized carbons (Fsp3) is 0.429. The third kappa shape index (κ3) is 3.31. The predicted molar refractivity (Wildman–Crippen MR) is 67.2 cm³/mol. The quantitative estimate of drug-likeness (QED) is 0.894. The Morgan fingerprint density at radius 2 is 1.95 bits per heavy atom. The van der Waals surface area contributed by atoms with Crippen molar-refractivity contribution < 1.29 is 23.5 Å². The lowest BCUT2D eigenvalue weighted by atomic mass is 9.85. The van der Waals surface area contributed by atoms with Crippen LogP contribution < -0.4 is 5.32 Å². The molecule has 0 aromatic heterocycles. The first-order chi connectivity index (χ1) is 9.47. The van der Waals surface area contributed by atoms with Crippen LogP contribution in [0.5, 0.6) is 0 Å². The second kappa shape index (κ2) is 5.98. The lowest BCUT2D eigenvalue weighted by Crippen LogP contribution is -2.40. The van der Waals surface area contributed by atoms with Gasteiger partial charge in [-0.15, -0.1) is 0 Å². The standard InChI is InChI=1S/C14H15F2NO3/c15-11-5-4-8(7-12(11)16)13(18)17-10-3-1-2-9(6-10)14(19)20/h4-5,7,9-10H,1-3,6H2,(H,17,18)(H,19,20). The number of aliphatic carboxylic acids is 1. The van der Waals surface area contributed by atoms with E-state index in [1.807, 2.05) is 0 Å². The molecule has 20 heavy (non-hydrogen) atoms. The SMILES string of the molecule is O=C(NC1CCCC(C(=O)O)C1)c1ccc(F)c(F)c1. The molecule has 0 spiro atoms. The molecule has 1 fully saturated rings. The van der Waals surface area contributed by atoms with Gasteiger partial charge in [-0.1, -0.05) is 6.42 Å². The number of carboxylic acid groups (broad SMARTS) is 1. The average Bonchev–Trinajstić information content (AvgIpc) is 2.42. The maximum Gasteiger partial charge on any atom is 0.306 e. The molecule has 108 valence electrons. The number of nitrogens with one attached hydrogen (secondary N) is 1. The summed E-state index contributed by atoms with van der Waals surface area (Å²) in [6.45, 7) is 0. The molecule has 2 atom stereocenters. The van der Waals surface area contributed by atoms with Crippen LogP contribution in [-0.4, -0.2) is 23.0 Å². The Hall–Kier alpha value is -1.98. The first-order valence-corrected chi connectivity index (χ1v) is 6.46. The molecule has 1 saturated carbocycles. The Kier molecular flexibility index (Phi) is 4.32. The van der Waals surface area contributed by atoms with Crippen molar-refractivity contribution >= 4 is 11.9 Å². The van der Waals surface area contributed by atoms with Gasteiger partial charge in [-0.05, 0) is 37.5 Å². The van der Waals surface area contributed by atoms with Crippen LogP contribution in [-0.2, 0) is 4.79 Å². The van der Waals surface area contributed by atoms with Crippen molar-refractivity contribution in [3.05, 3.63) is 35.4 Å². The second-order valence-electron chi connectivity index (χ2n) is 5.00. The largest absolute Gasteiger partial charge is 0.481 e. The molecule has 1 aliphatic carbocycles. The van der Waals surface area contributed by atoms with Gasteiger partial charge >= 0.3 is 5.97 Å². The maximum atomic E-state index is 13.1. The number of halogens is 2. The van der Waals surface area contributed by atoms with Crippen LogP contribution in [0.3, 0.4) is 0 Å². The van der Waals surface area contributed by atoms with Crippen LogP contribution in [0.1, 0.15) is 36.0 Å². The van der Waals surface area contributed by atoms with Crippen LogP contribution in [0.4, 0.5) is 8.78 Å². The highest BCUT2D eigenvalue weighted by Gasteiger charge is 2.28. The summed E-state index contributed by atoms with van der Waals surface area (Å²) in [4.78, 5) is 22.8. The van der Waals surface area contributed by atoms with Crippen molar-refractivity contribution in [1.82, 2.24) is 5.32 Å². The number of rotatable bonds is 3. The number of amides is 1. The van der Waals surface area contributed by atoms with E-state index in [1.54, 1.807) is 0 Å². The smallest absolute Gasteiger partial charge is 0.306 e. The van der Waals surface area contributed by atoms with E-state index in [-0.39, 0.29) is 11.6 Å². The number of hydrogen-bond acceptors (Lipinski definition) is 2. The zero-order valence-corrected chi connectivity index (χ0v) is 10.7. The number of carbonyl (C=O) groups excluding carboxylic acids is 1. The zero-order chi connectivity index (χ0) is 14.7. The Labute approximate surface area is 114 Å². The van der Waals surface area contributed by atoms with E-state index < -0.39 is 29.4 Å². The monoisotopic (exact) mass is 283 g/mol. The zero-order valence-electron chi connectivity index (χ0n) is 10.7. The van der Waals surface area contributed by atoms with Crippen LogP contribution >= 0.6 is 0 Å². The number of carboxylic acids is 1. The minimum Gasteiger partial charge on any atom is -0.481 e. The highest BCUT2D eigenvalue weighted by Crippen LogP contribution is 2.24. The predicted octanol–water partition coefficient (Wildman–Crippen LogP) is 2.34. The summed E-state index contributed by atoms with van der Waals surface area (Å²) in [5.41, 5.74) is 0.0290. The highest BCUT2D eigenvalue weighted by atomic mass is 19.2. The molecule has 2 unspecified atom stereocenters. The summed E-state index contributed by atoms with van der Waals surface area (Å²) in [6.07, 6.45) is 2.39. The van der Waals surface area contributed by atoms with E-state index in [4.69, 9.17) is 5.11 Å². The maximum absolute atomic E-state index is 13.1. The molecule has 0 bridgehead atoms. The Bertz CT molecular complexity index is 533. The number of hydrogen-bond donors (Lipinski definition) is 2. The average molecular weight is 283 g/mol. The second-order valence-corrected chi connectivity index (χ2v) is 5.00. The van der Waals surface area contributed by atoms with Crippen LogP contribution in [0.25, 0.3) is 0 Å². The molecule has 6 heteroatoms. The first kappa shape index (κ1) is 14.4. The van der Waals surface area contributed by atoms with E-state index in [9.17, 15) is 18.4 Å². The van der Waals surface area contributed by atoms with E-state index in [0.29, 0.717) is 19.3 Å². The number of carbonyl (C=O) groups is 2. The van der Waals surface area contributed by atoms with E-state index in [1.165, 1.54) is 6.07 Å². The van der Waals surface area contributed by atoms with Gasteiger partial charge in [0.2, 0.25) is 0 Å². The molecular formula is C14H15F2NO3. The van der Waals surface area contributed by atoms with Gasteiger partial charge in [-0.3, -0.25) is 9.59 Å². The third-order valence-corrected chi connectivity index (χ3v) is 3.54. The van der Waals surface area contributed by atoms with Crippen molar-refractivity contribution in [1.29, 1.82) is 0 Å². The van der Waals surface area contributed by atoms with Gasteiger partial charge in [0.05, 0.1) is 5.92 Å².